The first-order valence-electron chi connectivity index (χ1n) is 7.21. The van der Waals surface area contributed by atoms with Crippen molar-refractivity contribution < 1.29 is 9.53 Å². The normalized spacial score (nSPS) is 19.0. The number of esters is 1. The number of hydrogen-bond acceptors (Lipinski definition) is 4. The monoisotopic (exact) mass is 287 g/mol. The van der Waals surface area contributed by atoms with Gasteiger partial charge in [0.15, 0.2) is 0 Å². The molecule has 0 heterocycles. The van der Waals surface area contributed by atoms with Crippen LogP contribution in [0.5, 0.6) is 0 Å². The van der Waals surface area contributed by atoms with Crippen molar-refractivity contribution in [1.82, 2.24) is 5.32 Å². The Kier molecular flexibility index (Phi) is 6.18. The molecule has 112 valence electrons. The molecule has 0 aromatic rings. The molecule has 1 aliphatic carbocycles. The van der Waals surface area contributed by atoms with Crippen molar-refractivity contribution in [3.63, 3.8) is 0 Å². The van der Waals surface area contributed by atoms with Gasteiger partial charge in [-0.2, -0.15) is 11.8 Å². The molecule has 1 saturated carbocycles. The quantitative estimate of drug-likeness (QED) is 0.696. The van der Waals surface area contributed by atoms with Crippen LogP contribution in [-0.4, -0.2) is 37.2 Å². The maximum Gasteiger partial charge on any atom is 0.306 e. The molecule has 0 spiro atoms. The molecule has 0 bridgehead atoms. The highest BCUT2D eigenvalue weighted by molar-refractivity contribution is 7.99. The van der Waals surface area contributed by atoms with Gasteiger partial charge in [-0.05, 0) is 36.0 Å². The van der Waals surface area contributed by atoms with Crippen LogP contribution in [-0.2, 0) is 9.53 Å². The molecule has 1 unspecified atom stereocenters. The second kappa shape index (κ2) is 6.98. The van der Waals surface area contributed by atoms with Crippen molar-refractivity contribution in [2.45, 2.75) is 53.0 Å². The average molecular weight is 287 g/mol. The molecule has 0 saturated heterocycles. The van der Waals surface area contributed by atoms with Gasteiger partial charge in [0.2, 0.25) is 0 Å². The molecule has 3 nitrogen and oxygen atoms in total. The molecule has 0 aromatic carbocycles. The second-order valence-electron chi connectivity index (χ2n) is 6.74. The molecule has 1 aliphatic rings. The minimum Gasteiger partial charge on any atom is -0.469 e. The van der Waals surface area contributed by atoms with Crippen LogP contribution in [0.1, 0.15) is 47.0 Å². The van der Waals surface area contributed by atoms with Crippen LogP contribution in [0, 0.1) is 10.8 Å². The van der Waals surface area contributed by atoms with E-state index < -0.39 is 0 Å². The maximum absolute atomic E-state index is 11.4. The number of thioether (sulfide) groups is 1. The van der Waals surface area contributed by atoms with Gasteiger partial charge in [-0.1, -0.05) is 27.7 Å². The van der Waals surface area contributed by atoms with E-state index in [-0.39, 0.29) is 16.8 Å². The predicted octanol–water partition coefficient (Wildman–Crippen LogP) is 3.09. The second-order valence-corrected chi connectivity index (χ2v) is 7.77. The van der Waals surface area contributed by atoms with Crippen molar-refractivity contribution in [2.75, 3.05) is 25.2 Å². The van der Waals surface area contributed by atoms with Crippen LogP contribution in [0.3, 0.4) is 0 Å². The van der Waals surface area contributed by atoms with E-state index in [4.69, 9.17) is 4.74 Å². The fraction of sp³-hybridized carbons (Fsp3) is 0.933. The number of hydrogen-bond donors (Lipinski definition) is 1. The summed E-state index contributed by atoms with van der Waals surface area (Å²) >= 11 is 1.98. The summed E-state index contributed by atoms with van der Waals surface area (Å²) in [7, 11) is 1.48. The van der Waals surface area contributed by atoms with Gasteiger partial charge in [0.05, 0.1) is 13.5 Å². The van der Waals surface area contributed by atoms with Crippen molar-refractivity contribution in [3.05, 3.63) is 0 Å². The SMILES string of the molecule is CCNC(CSCC1(CC(=O)OC)CC1)C(C)(C)C. The maximum atomic E-state index is 11.4. The Morgan fingerprint density at radius 2 is 2.05 bits per heavy atom. The number of nitrogens with one attached hydrogen (secondary N) is 1. The van der Waals surface area contributed by atoms with Gasteiger partial charge >= 0.3 is 5.97 Å². The van der Waals surface area contributed by atoms with Gasteiger partial charge in [0.1, 0.15) is 0 Å². The lowest BCUT2D eigenvalue weighted by Gasteiger charge is -2.31. The Bertz CT molecular complexity index is 295. The molecule has 0 aliphatic heterocycles. The topological polar surface area (TPSA) is 38.3 Å². The predicted molar refractivity (Wildman–Crippen MR) is 82.5 cm³/mol. The fourth-order valence-electron chi connectivity index (χ4n) is 2.18. The molecular weight excluding hydrogens is 258 g/mol. The summed E-state index contributed by atoms with van der Waals surface area (Å²) in [6.07, 6.45) is 2.95. The van der Waals surface area contributed by atoms with E-state index in [0.29, 0.717) is 12.5 Å². The highest BCUT2D eigenvalue weighted by Crippen LogP contribution is 2.51. The van der Waals surface area contributed by atoms with Crippen LogP contribution in [0.15, 0.2) is 0 Å². The zero-order valence-electron chi connectivity index (χ0n) is 13.0. The molecule has 19 heavy (non-hydrogen) atoms. The van der Waals surface area contributed by atoms with Gasteiger partial charge in [0.25, 0.3) is 0 Å². The third kappa shape index (κ3) is 5.74. The zero-order chi connectivity index (χ0) is 14.5. The summed E-state index contributed by atoms with van der Waals surface area (Å²) in [6.45, 7) is 10.0. The third-order valence-electron chi connectivity index (χ3n) is 3.89. The van der Waals surface area contributed by atoms with Gasteiger partial charge in [-0.25, -0.2) is 0 Å². The Morgan fingerprint density at radius 1 is 1.42 bits per heavy atom. The fourth-order valence-corrected chi connectivity index (χ4v) is 3.98. The van der Waals surface area contributed by atoms with E-state index in [1.54, 1.807) is 0 Å². The first-order valence-corrected chi connectivity index (χ1v) is 8.36. The van der Waals surface area contributed by atoms with Gasteiger partial charge in [-0.15, -0.1) is 0 Å². The summed E-state index contributed by atoms with van der Waals surface area (Å²) in [4.78, 5) is 11.4. The lowest BCUT2D eigenvalue weighted by atomic mass is 9.88. The third-order valence-corrected chi connectivity index (χ3v) is 5.28. The first-order chi connectivity index (χ1) is 8.83. The van der Waals surface area contributed by atoms with E-state index in [0.717, 1.165) is 18.1 Å². The number of ether oxygens (including phenoxy) is 1. The molecule has 1 fully saturated rings. The number of rotatable bonds is 8. The van der Waals surface area contributed by atoms with Crippen molar-refractivity contribution >= 4 is 17.7 Å². The van der Waals surface area contributed by atoms with Crippen LogP contribution in [0.25, 0.3) is 0 Å². The zero-order valence-corrected chi connectivity index (χ0v) is 13.9. The van der Waals surface area contributed by atoms with E-state index in [9.17, 15) is 4.79 Å². The molecular formula is C15H29NO2S. The van der Waals surface area contributed by atoms with Crippen LogP contribution in [0.4, 0.5) is 0 Å². The number of carbonyl (C=O) groups excluding carboxylic acids is 1. The van der Waals surface area contributed by atoms with Crippen LogP contribution >= 0.6 is 11.8 Å². The summed E-state index contributed by atoms with van der Waals surface area (Å²) in [6, 6.07) is 0.524. The first kappa shape index (κ1) is 16.8. The highest BCUT2D eigenvalue weighted by Gasteiger charge is 2.44. The molecule has 1 atom stereocenters. The van der Waals surface area contributed by atoms with E-state index in [1.165, 1.54) is 20.0 Å². The van der Waals surface area contributed by atoms with Gasteiger partial charge in [-0.3, -0.25) is 4.79 Å². The van der Waals surface area contributed by atoms with Crippen molar-refractivity contribution in [1.29, 1.82) is 0 Å². The van der Waals surface area contributed by atoms with Crippen molar-refractivity contribution in [2.24, 2.45) is 10.8 Å². The van der Waals surface area contributed by atoms with Gasteiger partial charge in [0, 0.05) is 11.8 Å². The number of methoxy groups -OCH3 is 1. The van der Waals surface area contributed by atoms with E-state index >= 15 is 0 Å². The lowest BCUT2D eigenvalue weighted by Crippen LogP contribution is -2.42. The Morgan fingerprint density at radius 3 is 2.47 bits per heavy atom. The minimum absolute atomic E-state index is 0.0582. The van der Waals surface area contributed by atoms with Crippen LogP contribution < -0.4 is 5.32 Å². The van der Waals surface area contributed by atoms with E-state index in [2.05, 4.69) is 33.0 Å². The van der Waals surface area contributed by atoms with Crippen LogP contribution in [0.2, 0.25) is 0 Å². The average Bonchev–Trinajstić information content (AvgIpc) is 3.06. The molecule has 0 amide bonds. The number of carbonyl (C=O) groups is 1. The Balaban J connectivity index is 2.34. The molecule has 1 rings (SSSR count). The highest BCUT2D eigenvalue weighted by atomic mass is 32.2. The van der Waals surface area contributed by atoms with Crippen molar-refractivity contribution in [3.8, 4) is 0 Å². The Labute approximate surface area is 122 Å². The minimum atomic E-state index is -0.0582. The smallest absolute Gasteiger partial charge is 0.306 e. The lowest BCUT2D eigenvalue weighted by molar-refractivity contribution is -0.141. The molecule has 0 radical (unpaired) electrons. The summed E-state index contributed by atoms with van der Waals surface area (Å²) in [5, 5.41) is 3.57. The summed E-state index contributed by atoms with van der Waals surface area (Å²) in [5.41, 5.74) is 0.522. The standard InChI is InChI=1S/C15H29NO2S/c1-6-16-12(14(2,3)4)10-19-11-15(7-8-15)9-13(17)18-5/h12,16H,6-11H2,1-5H3. The molecule has 0 aromatic heterocycles. The largest absolute Gasteiger partial charge is 0.469 e. The van der Waals surface area contributed by atoms with Gasteiger partial charge < -0.3 is 10.1 Å². The molecule has 4 heteroatoms. The summed E-state index contributed by atoms with van der Waals surface area (Å²) < 4.78 is 4.79. The summed E-state index contributed by atoms with van der Waals surface area (Å²) in [5.74, 6) is 2.14. The Hall–Kier alpha value is -0.220. The molecule has 1 N–H and O–H groups in total. The van der Waals surface area contributed by atoms with E-state index in [1.807, 2.05) is 11.8 Å².